The molecule has 4 aromatic rings. The molecule has 1 heterocycles. The van der Waals surface area contributed by atoms with E-state index in [0.717, 1.165) is 38.6 Å². The zero-order chi connectivity index (χ0) is 25.1. The number of methoxy groups -OCH3 is 2. The van der Waals surface area contributed by atoms with Crippen molar-refractivity contribution in [2.24, 2.45) is 0 Å². The van der Waals surface area contributed by atoms with E-state index >= 15 is 0 Å². The van der Waals surface area contributed by atoms with E-state index in [4.69, 9.17) is 14.2 Å². The molecule has 7 heteroatoms. The largest absolute Gasteiger partial charge is 0.495 e. The van der Waals surface area contributed by atoms with E-state index in [-0.39, 0.29) is 5.24 Å². The molecule has 4 aromatic carbocycles. The predicted molar refractivity (Wildman–Crippen MR) is 143 cm³/mol. The number of hydrogen-bond acceptors (Lipinski definition) is 6. The number of carbonyl (C=O) groups excluding carboxylic acids is 2. The fourth-order valence-electron chi connectivity index (χ4n) is 4.11. The minimum atomic E-state index is -0.398. The highest BCUT2D eigenvalue weighted by atomic mass is 32.2. The standard InChI is InChI=1S/C29H23NO5S/c1-33-24-13-6-5-12-23(24)30-28(31)27(36-29(30)32)17-19-14-15-25(26(16-19)34-2)35-18-21-10-7-9-20-8-3-4-11-22(20)21/h3-17H,18H2,1-2H3/b27-17-. The van der Waals surface area contributed by atoms with Crippen molar-refractivity contribution in [3.63, 3.8) is 0 Å². The van der Waals surface area contributed by atoms with Crippen molar-refractivity contribution < 1.29 is 23.8 Å². The topological polar surface area (TPSA) is 65.1 Å². The maximum Gasteiger partial charge on any atom is 0.298 e. The number of rotatable bonds is 7. The molecule has 0 radical (unpaired) electrons. The molecular weight excluding hydrogens is 474 g/mol. The quantitative estimate of drug-likeness (QED) is 0.266. The third-order valence-electron chi connectivity index (χ3n) is 5.87. The van der Waals surface area contributed by atoms with Crippen LogP contribution in [0.5, 0.6) is 17.2 Å². The van der Waals surface area contributed by atoms with Gasteiger partial charge >= 0.3 is 0 Å². The number of amides is 2. The first kappa shape index (κ1) is 23.5. The average Bonchev–Trinajstić information content (AvgIpc) is 3.19. The lowest BCUT2D eigenvalue weighted by Crippen LogP contribution is -2.28. The highest BCUT2D eigenvalue weighted by Crippen LogP contribution is 2.40. The predicted octanol–water partition coefficient (Wildman–Crippen LogP) is 6.68. The minimum Gasteiger partial charge on any atom is -0.495 e. The Morgan fingerprint density at radius 3 is 2.39 bits per heavy atom. The molecule has 1 aliphatic heterocycles. The van der Waals surface area contributed by atoms with Gasteiger partial charge in [0, 0.05) is 0 Å². The van der Waals surface area contributed by atoms with E-state index in [2.05, 4.69) is 18.2 Å². The maximum atomic E-state index is 13.1. The molecular formula is C29H23NO5S. The molecule has 0 saturated carbocycles. The Hall–Kier alpha value is -4.23. The molecule has 0 atom stereocenters. The third kappa shape index (κ3) is 4.53. The van der Waals surface area contributed by atoms with Crippen molar-refractivity contribution in [3.8, 4) is 17.2 Å². The molecule has 1 fully saturated rings. The van der Waals surface area contributed by atoms with Crippen LogP contribution in [0, 0.1) is 0 Å². The summed E-state index contributed by atoms with van der Waals surface area (Å²) in [5, 5.41) is 1.92. The molecule has 36 heavy (non-hydrogen) atoms. The second kappa shape index (κ2) is 10.2. The van der Waals surface area contributed by atoms with Crippen LogP contribution >= 0.6 is 11.8 Å². The van der Waals surface area contributed by atoms with Gasteiger partial charge in [-0.15, -0.1) is 0 Å². The lowest BCUT2D eigenvalue weighted by molar-refractivity contribution is -0.113. The Labute approximate surface area is 213 Å². The van der Waals surface area contributed by atoms with E-state index in [9.17, 15) is 9.59 Å². The van der Waals surface area contributed by atoms with Gasteiger partial charge in [-0.05, 0) is 64.0 Å². The van der Waals surface area contributed by atoms with Crippen LogP contribution in [0.4, 0.5) is 10.5 Å². The van der Waals surface area contributed by atoms with Crippen LogP contribution in [-0.4, -0.2) is 25.4 Å². The van der Waals surface area contributed by atoms with Crippen molar-refractivity contribution in [3.05, 3.63) is 101 Å². The summed E-state index contributed by atoms with van der Waals surface area (Å²) in [6.07, 6.45) is 1.68. The van der Waals surface area contributed by atoms with Gasteiger partial charge in [0.15, 0.2) is 11.5 Å². The molecule has 1 aliphatic rings. The number of benzene rings is 4. The highest BCUT2D eigenvalue weighted by Gasteiger charge is 2.37. The minimum absolute atomic E-state index is 0.317. The monoisotopic (exact) mass is 497 g/mol. The number of nitrogens with zero attached hydrogens (tertiary/aromatic N) is 1. The summed E-state index contributed by atoms with van der Waals surface area (Å²) in [6, 6.07) is 26.7. The van der Waals surface area contributed by atoms with Gasteiger partial charge < -0.3 is 14.2 Å². The van der Waals surface area contributed by atoms with Gasteiger partial charge in [-0.1, -0.05) is 60.7 Å². The summed E-state index contributed by atoms with van der Waals surface area (Å²) in [5.74, 6) is 1.18. The van der Waals surface area contributed by atoms with E-state index in [0.29, 0.717) is 34.4 Å². The van der Waals surface area contributed by atoms with Gasteiger partial charge in [-0.3, -0.25) is 9.59 Å². The van der Waals surface area contributed by atoms with Gasteiger partial charge in [-0.25, -0.2) is 4.90 Å². The summed E-state index contributed by atoms with van der Waals surface area (Å²) >= 11 is 0.888. The van der Waals surface area contributed by atoms with Gasteiger partial charge in [0.1, 0.15) is 12.4 Å². The first-order valence-electron chi connectivity index (χ1n) is 11.3. The number of imide groups is 1. The van der Waals surface area contributed by atoms with E-state index in [1.807, 2.05) is 30.3 Å². The number of carbonyl (C=O) groups is 2. The summed E-state index contributed by atoms with van der Waals surface area (Å²) in [7, 11) is 3.07. The summed E-state index contributed by atoms with van der Waals surface area (Å²) in [5.41, 5.74) is 2.21. The molecule has 0 N–H and O–H groups in total. The smallest absolute Gasteiger partial charge is 0.298 e. The molecule has 0 unspecified atom stereocenters. The van der Waals surface area contributed by atoms with Crippen LogP contribution < -0.4 is 19.1 Å². The zero-order valence-electron chi connectivity index (χ0n) is 19.8. The molecule has 2 amide bonds. The lowest BCUT2D eigenvalue weighted by Gasteiger charge is -2.15. The normalized spacial score (nSPS) is 14.5. The van der Waals surface area contributed by atoms with Gasteiger partial charge in [0.25, 0.3) is 11.1 Å². The summed E-state index contributed by atoms with van der Waals surface area (Å²) in [6.45, 7) is 0.384. The Balaban J connectivity index is 1.37. The molecule has 0 aromatic heterocycles. The zero-order valence-corrected chi connectivity index (χ0v) is 20.6. The Kier molecular flexibility index (Phi) is 6.64. The number of para-hydroxylation sites is 2. The molecule has 180 valence electrons. The SMILES string of the molecule is COc1cc(/C=C2\SC(=O)N(c3ccccc3OC)C2=O)ccc1OCc1cccc2ccccc12. The second-order valence-electron chi connectivity index (χ2n) is 8.03. The Bertz CT molecular complexity index is 1490. The van der Waals surface area contributed by atoms with Gasteiger partial charge in [0.2, 0.25) is 0 Å². The number of ether oxygens (including phenoxy) is 3. The second-order valence-corrected chi connectivity index (χ2v) is 9.02. The first-order chi connectivity index (χ1) is 17.6. The Morgan fingerprint density at radius 2 is 1.56 bits per heavy atom. The highest BCUT2D eigenvalue weighted by molar-refractivity contribution is 8.19. The number of anilines is 1. The molecule has 0 bridgehead atoms. The van der Waals surface area contributed by atoms with E-state index in [1.165, 1.54) is 7.11 Å². The lowest BCUT2D eigenvalue weighted by atomic mass is 10.1. The molecule has 1 saturated heterocycles. The molecule has 6 nitrogen and oxygen atoms in total. The number of thioether (sulfide) groups is 1. The molecule has 5 rings (SSSR count). The average molecular weight is 498 g/mol. The first-order valence-corrected chi connectivity index (χ1v) is 12.1. The fourth-order valence-corrected chi connectivity index (χ4v) is 4.94. The van der Waals surface area contributed by atoms with Crippen LogP contribution in [0.3, 0.4) is 0 Å². The van der Waals surface area contributed by atoms with Crippen LogP contribution in [0.25, 0.3) is 16.8 Å². The van der Waals surface area contributed by atoms with E-state index in [1.54, 1.807) is 49.6 Å². The summed E-state index contributed by atoms with van der Waals surface area (Å²) < 4.78 is 17.0. The Morgan fingerprint density at radius 1 is 0.806 bits per heavy atom. The number of hydrogen-bond donors (Lipinski definition) is 0. The molecule has 0 aliphatic carbocycles. The van der Waals surface area contributed by atoms with Crippen molar-refractivity contribution in [1.82, 2.24) is 0 Å². The third-order valence-corrected chi connectivity index (χ3v) is 6.74. The summed E-state index contributed by atoms with van der Waals surface area (Å²) in [4.78, 5) is 27.2. The van der Waals surface area contributed by atoms with Gasteiger partial charge in [0.05, 0.1) is 24.8 Å². The van der Waals surface area contributed by atoms with Gasteiger partial charge in [-0.2, -0.15) is 0 Å². The van der Waals surface area contributed by atoms with Crippen LogP contribution in [0.1, 0.15) is 11.1 Å². The molecule has 0 spiro atoms. The fraction of sp³-hybridized carbons (Fsp3) is 0.103. The van der Waals surface area contributed by atoms with Crippen molar-refractivity contribution in [2.75, 3.05) is 19.1 Å². The van der Waals surface area contributed by atoms with Crippen LogP contribution in [0.15, 0.2) is 89.8 Å². The van der Waals surface area contributed by atoms with E-state index < -0.39 is 5.91 Å². The van der Waals surface area contributed by atoms with Crippen molar-refractivity contribution in [1.29, 1.82) is 0 Å². The van der Waals surface area contributed by atoms with Crippen LogP contribution in [0.2, 0.25) is 0 Å². The van der Waals surface area contributed by atoms with Crippen molar-refractivity contribution in [2.45, 2.75) is 6.61 Å². The number of fused-ring (bicyclic) bond motifs is 1. The van der Waals surface area contributed by atoms with Crippen LogP contribution in [-0.2, 0) is 11.4 Å². The maximum absolute atomic E-state index is 13.1. The van der Waals surface area contributed by atoms with Crippen molar-refractivity contribution >= 4 is 45.4 Å².